The Hall–Kier alpha value is -1.30. The van der Waals surface area contributed by atoms with Gasteiger partial charge in [-0.2, -0.15) is 0 Å². The van der Waals surface area contributed by atoms with Crippen LogP contribution in [-0.2, 0) is 9.53 Å². The summed E-state index contributed by atoms with van der Waals surface area (Å²) in [5.74, 6) is -0.660. The quantitative estimate of drug-likeness (QED) is 0.330. The van der Waals surface area contributed by atoms with Gasteiger partial charge in [-0.3, -0.25) is 4.79 Å². The number of hydrogen-bond acceptors (Lipinski definition) is 4. The van der Waals surface area contributed by atoms with Crippen molar-refractivity contribution in [2.75, 3.05) is 13.7 Å². The number of ether oxygens (including phenoxy) is 1. The minimum Gasteiger partial charge on any atom is -0.409 e. The van der Waals surface area contributed by atoms with E-state index in [2.05, 4.69) is 5.16 Å². The minimum atomic E-state index is -0.544. The van der Waals surface area contributed by atoms with Crippen molar-refractivity contribution in [3.8, 4) is 0 Å². The van der Waals surface area contributed by atoms with Crippen LogP contribution >= 0.6 is 0 Å². The van der Waals surface area contributed by atoms with Gasteiger partial charge in [0.15, 0.2) is 5.84 Å². The van der Waals surface area contributed by atoms with Crippen molar-refractivity contribution in [1.29, 1.82) is 0 Å². The predicted molar refractivity (Wildman–Crippen MR) is 68.4 cm³/mol. The highest BCUT2D eigenvalue weighted by molar-refractivity contribution is 6.02. The number of likely N-dealkylation sites (N-methyl/N-ethyl adjacent to an activating group) is 1. The number of rotatable bonds is 5. The second-order valence-electron chi connectivity index (χ2n) is 4.75. The molecule has 6 nitrogen and oxygen atoms in total. The van der Waals surface area contributed by atoms with Gasteiger partial charge in [0.2, 0.25) is 5.91 Å². The van der Waals surface area contributed by atoms with Gasteiger partial charge in [-0.15, -0.1) is 0 Å². The van der Waals surface area contributed by atoms with Crippen LogP contribution < -0.4 is 5.73 Å². The van der Waals surface area contributed by atoms with Gasteiger partial charge in [0.05, 0.1) is 18.1 Å². The summed E-state index contributed by atoms with van der Waals surface area (Å²) >= 11 is 0. The summed E-state index contributed by atoms with van der Waals surface area (Å²) in [6.07, 6.45) is 2.25. The van der Waals surface area contributed by atoms with Crippen LogP contribution in [0.1, 0.15) is 33.1 Å². The number of amidine groups is 1. The third-order valence-corrected chi connectivity index (χ3v) is 3.53. The van der Waals surface area contributed by atoms with Crippen LogP contribution in [0.5, 0.6) is 0 Å². The highest BCUT2D eigenvalue weighted by atomic mass is 16.5. The van der Waals surface area contributed by atoms with E-state index < -0.39 is 5.92 Å². The number of nitrogens with zero attached hydrogens (tertiary/aromatic N) is 2. The Morgan fingerprint density at radius 3 is 2.78 bits per heavy atom. The van der Waals surface area contributed by atoms with Gasteiger partial charge < -0.3 is 20.6 Å². The van der Waals surface area contributed by atoms with Crippen LogP contribution in [0, 0.1) is 5.92 Å². The normalized spacial score (nSPS) is 26.1. The second-order valence-corrected chi connectivity index (χ2v) is 4.75. The summed E-state index contributed by atoms with van der Waals surface area (Å²) in [5.41, 5.74) is 5.60. The Morgan fingerprint density at radius 1 is 1.67 bits per heavy atom. The maximum absolute atomic E-state index is 12.4. The zero-order valence-corrected chi connectivity index (χ0v) is 11.3. The van der Waals surface area contributed by atoms with Gasteiger partial charge in [-0.1, -0.05) is 18.5 Å². The third kappa shape index (κ3) is 3.13. The van der Waals surface area contributed by atoms with Crippen LogP contribution in [-0.4, -0.2) is 47.7 Å². The summed E-state index contributed by atoms with van der Waals surface area (Å²) in [6.45, 7) is 4.59. The predicted octanol–water partition coefficient (Wildman–Crippen LogP) is 0.785. The molecule has 0 aromatic heterocycles. The van der Waals surface area contributed by atoms with Crippen LogP contribution in [0.3, 0.4) is 0 Å². The Labute approximate surface area is 108 Å². The summed E-state index contributed by atoms with van der Waals surface area (Å²) in [5, 5.41) is 11.7. The lowest BCUT2D eigenvalue weighted by Crippen LogP contribution is -2.47. The summed E-state index contributed by atoms with van der Waals surface area (Å²) in [7, 11) is 1.76. The fourth-order valence-corrected chi connectivity index (χ4v) is 2.39. The molecule has 3 N–H and O–H groups in total. The zero-order chi connectivity index (χ0) is 13.7. The number of amides is 1. The molecule has 1 rings (SSSR count). The van der Waals surface area contributed by atoms with Crippen LogP contribution in [0.2, 0.25) is 0 Å². The first kappa shape index (κ1) is 14.8. The van der Waals surface area contributed by atoms with E-state index in [4.69, 9.17) is 15.7 Å². The summed E-state index contributed by atoms with van der Waals surface area (Å²) < 4.78 is 5.46. The molecule has 18 heavy (non-hydrogen) atoms. The van der Waals surface area contributed by atoms with E-state index in [1.165, 1.54) is 0 Å². The lowest BCUT2D eigenvalue weighted by atomic mass is 9.99. The monoisotopic (exact) mass is 257 g/mol. The molecule has 1 aliphatic heterocycles. The smallest absolute Gasteiger partial charge is 0.233 e. The fraction of sp³-hybridized carbons (Fsp3) is 0.833. The first-order chi connectivity index (χ1) is 8.52. The molecule has 0 aliphatic carbocycles. The van der Waals surface area contributed by atoms with Crippen molar-refractivity contribution >= 4 is 11.7 Å². The molecule has 1 heterocycles. The van der Waals surface area contributed by atoms with Crippen molar-refractivity contribution in [1.82, 2.24) is 4.90 Å². The fourth-order valence-electron chi connectivity index (χ4n) is 2.39. The first-order valence-corrected chi connectivity index (χ1v) is 6.38. The highest BCUT2D eigenvalue weighted by Crippen LogP contribution is 2.21. The number of oxime groups is 1. The highest BCUT2D eigenvalue weighted by Gasteiger charge is 2.34. The maximum Gasteiger partial charge on any atom is 0.233 e. The molecule has 0 bridgehead atoms. The molecular weight excluding hydrogens is 234 g/mol. The SMILES string of the molecule is CCCC(C(=O)N(C)C1CCOC1C)C(N)=NO. The van der Waals surface area contributed by atoms with Crippen molar-refractivity contribution in [2.45, 2.75) is 45.3 Å². The molecule has 1 fully saturated rings. The lowest BCUT2D eigenvalue weighted by Gasteiger charge is -2.29. The van der Waals surface area contributed by atoms with Crippen LogP contribution in [0.4, 0.5) is 0 Å². The van der Waals surface area contributed by atoms with Gasteiger partial charge in [-0.05, 0) is 19.8 Å². The molecule has 0 spiro atoms. The van der Waals surface area contributed by atoms with Crippen molar-refractivity contribution in [3.63, 3.8) is 0 Å². The van der Waals surface area contributed by atoms with Crippen LogP contribution in [0.25, 0.3) is 0 Å². The molecule has 6 heteroatoms. The molecule has 0 saturated carbocycles. The number of nitrogens with two attached hydrogens (primary N) is 1. The van der Waals surface area contributed by atoms with E-state index in [0.29, 0.717) is 13.0 Å². The Morgan fingerprint density at radius 2 is 2.33 bits per heavy atom. The van der Waals surface area contributed by atoms with Crippen molar-refractivity contribution < 1.29 is 14.7 Å². The Balaban J connectivity index is 2.76. The minimum absolute atomic E-state index is 0.0136. The molecule has 0 aromatic rings. The number of hydrogen-bond donors (Lipinski definition) is 2. The van der Waals surface area contributed by atoms with Crippen molar-refractivity contribution in [2.24, 2.45) is 16.8 Å². The maximum atomic E-state index is 12.4. The number of carbonyl (C=O) groups is 1. The Kier molecular flexibility index (Phi) is 5.40. The molecule has 3 atom stereocenters. The molecular formula is C12H23N3O3. The summed E-state index contributed by atoms with van der Waals surface area (Å²) in [4.78, 5) is 14.0. The van der Waals surface area contributed by atoms with E-state index in [1.807, 2.05) is 13.8 Å². The van der Waals surface area contributed by atoms with E-state index in [9.17, 15) is 4.79 Å². The van der Waals surface area contributed by atoms with E-state index in [0.717, 1.165) is 12.8 Å². The molecule has 1 saturated heterocycles. The van der Waals surface area contributed by atoms with Crippen LogP contribution in [0.15, 0.2) is 5.16 Å². The third-order valence-electron chi connectivity index (χ3n) is 3.53. The number of carbonyl (C=O) groups excluding carboxylic acids is 1. The van der Waals surface area contributed by atoms with Gasteiger partial charge in [-0.25, -0.2) is 0 Å². The topological polar surface area (TPSA) is 88.2 Å². The van der Waals surface area contributed by atoms with Gasteiger partial charge in [0, 0.05) is 13.7 Å². The molecule has 1 amide bonds. The standard InChI is InChI=1S/C12H23N3O3/c1-4-5-9(11(13)14-17)12(16)15(3)10-6-7-18-8(10)2/h8-10,17H,4-7H2,1-3H3,(H2,13,14). The van der Waals surface area contributed by atoms with E-state index in [1.54, 1.807) is 11.9 Å². The van der Waals surface area contributed by atoms with Gasteiger partial charge in [0.25, 0.3) is 0 Å². The molecule has 104 valence electrons. The molecule has 1 aliphatic rings. The average molecular weight is 257 g/mol. The molecule has 3 unspecified atom stereocenters. The first-order valence-electron chi connectivity index (χ1n) is 6.38. The average Bonchev–Trinajstić information content (AvgIpc) is 2.79. The van der Waals surface area contributed by atoms with E-state index >= 15 is 0 Å². The molecule has 0 radical (unpaired) electrons. The Bertz CT molecular complexity index is 320. The second kappa shape index (κ2) is 6.58. The van der Waals surface area contributed by atoms with Gasteiger partial charge >= 0.3 is 0 Å². The van der Waals surface area contributed by atoms with Crippen molar-refractivity contribution in [3.05, 3.63) is 0 Å². The van der Waals surface area contributed by atoms with E-state index in [-0.39, 0.29) is 23.9 Å². The lowest BCUT2D eigenvalue weighted by molar-refractivity contribution is -0.135. The summed E-state index contributed by atoms with van der Waals surface area (Å²) in [6, 6.07) is 0.0725. The largest absolute Gasteiger partial charge is 0.409 e. The van der Waals surface area contributed by atoms with Gasteiger partial charge in [0.1, 0.15) is 0 Å². The zero-order valence-electron chi connectivity index (χ0n) is 11.3. The molecule has 0 aromatic carbocycles.